The highest BCUT2D eigenvalue weighted by Gasteiger charge is 2.37. The molecular weight excluding hydrogens is 356 g/mol. The van der Waals surface area contributed by atoms with Crippen LogP contribution < -0.4 is 9.64 Å². The van der Waals surface area contributed by atoms with Crippen molar-refractivity contribution in [3.05, 3.63) is 60.2 Å². The minimum Gasteiger partial charge on any atom is -0.497 e. The lowest BCUT2D eigenvalue weighted by Gasteiger charge is -2.41. The number of hydrogen-bond donors (Lipinski definition) is 0. The Balaban J connectivity index is 1.90. The summed E-state index contributed by atoms with van der Waals surface area (Å²) in [7, 11) is 1.58. The maximum absolute atomic E-state index is 12.8. The summed E-state index contributed by atoms with van der Waals surface area (Å²) in [5.74, 6) is -0.609. The molecule has 146 valence electrons. The van der Waals surface area contributed by atoms with Crippen LogP contribution in [0.25, 0.3) is 0 Å². The molecule has 1 aliphatic heterocycles. The summed E-state index contributed by atoms with van der Waals surface area (Å²) in [5.41, 5.74) is 1.77. The molecule has 2 aromatic carbocycles. The molecule has 0 saturated carbocycles. The Bertz CT molecular complexity index is 866. The van der Waals surface area contributed by atoms with Gasteiger partial charge in [0.15, 0.2) is 0 Å². The largest absolute Gasteiger partial charge is 0.497 e. The predicted octanol–water partition coefficient (Wildman–Crippen LogP) is 2.46. The molecule has 0 radical (unpaired) electrons. The summed E-state index contributed by atoms with van der Waals surface area (Å²) in [6.07, 6.45) is 0.693. The molecule has 0 unspecified atom stereocenters. The molecule has 0 bridgehead atoms. The van der Waals surface area contributed by atoms with Gasteiger partial charge in [0.1, 0.15) is 12.3 Å². The molecule has 1 aliphatic rings. The third kappa shape index (κ3) is 4.22. The lowest BCUT2D eigenvalue weighted by Crippen LogP contribution is -2.60. The first-order chi connectivity index (χ1) is 13.5. The molecule has 6 heteroatoms. The molecular formula is C22H24N2O4. The molecule has 1 fully saturated rings. The van der Waals surface area contributed by atoms with E-state index in [2.05, 4.69) is 0 Å². The fourth-order valence-electron chi connectivity index (χ4n) is 3.41. The minimum absolute atomic E-state index is 0.112. The van der Waals surface area contributed by atoms with E-state index in [4.69, 9.17) is 4.74 Å². The van der Waals surface area contributed by atoms with Gasteiger partial charge < -0.3 is 14.5 Å². The van der Waals surface area contributed by atoms with Crippen LogP contribution in [0.2, 0.25) is 0 Å². The van der Waals surface area contributed by atoms with E-state index in [-0.39, 0.29) is 24.9 Å². The summed E-state index contributed by atoms with van der Waals surface area (Å²) < 4.78 is 5.26. The van der Waals surface area contributed by atoms with Crippen molar-refractivity contribution < 1.29 is 19.1 Å². The van der Waals surface area contributed by atoms with Crippen LogP contribution >= 0.6 is 0 Å². The lowest BCUT2D eigenvalue weighted by atomic mass is 10.0. The number of benzene rings is 2. The molecule has 0 aliphatic carbocycles. The molecule has 0 spiro atoms. The Morgan fingerprint density at radius 3 is 2.54 bits per heavy atom. The van der Waals surface area contributed by atoms with Crippen LogP contribution in [0.4, 0.5) is 5.69 Å². The van der Waals surface area contributed by atoms with E-state index in [0.717, 1.165) is 11.3 Å². The predicted molar refractivity (Wildman–Crippen MR) is 106 cm³/mol. The normalized spacial score (nSPS) is 16.8. The quantitative estimate of drug-likeness (QED) is 0.722. The first-order valence-corrected chi connectivity index (χ1v) is 9.35. The van der Waals surface area contributed by atoms with Crippen molar-refractivity contribution in [2.24, 2.45) is 0 Å². The molecule has 2 aromatic rings. The van der Waals surface area contributed by atoms with Crippen LogP contribution in [-0.4, -0.2) is 48.7 Å². The van der Waals surface area contributed by atoms with Crippen molar-refractivity contribution in [1.82, 2.24) is 4.90 Å². The number of piperazine rings is 1. The van der Waals surface area contributed by atoms with Gasteiger partial charge in [-0.25, -0.2) is 0 Å². The van der Waals surface area contributed by atoms with Gasteiger partial charge in [0.2, 0.25) is 11.7 Å². The van der Waals surface area contributed by atoms with E-state index in [1.807, 2.05) is 48.5 Å². The van der Waals surface area contributed by atoms with E-state index in [9.17, 15) is 14.4 Å². The van der Waals surface area contributed by atoms with Crippen molar-refractivity contribution in [3.63, 3.8) is 0 Å². The fraction of sp³-hybridized carbons (Fsp3) is 0.318. The topological polar surface area (TPSA) is 66.9 Å². The number of ether oxygens (including phenoxy) is 1. The molecule has 2 amide bonds. The second-order valence-corrected chi connectivity index (χ2v) is 6.76. The molecule has 1 heterocycles. The van der Waals surface area contributed by atoms with Gasteiger partial charge in [-0.15, -0.1) is 0 Å². The number of amides is 2. The zero-order valence-electron chi connectivity index (χ0n) is 16.1. The van der Waals surface area contributed by atoms with Crippen molar-refractivity contribution in [2.45, 2.75) is 25.8 Å². The van der Waals surface area contributed by atoms with E-state index in [0.29, 0.717) is 18.7 Å². The number of ketones is 1. The third-order valence-corrected chi connectivity index (χ3v) is 4.94. The van der Waals surface area contributed by atoms with Gasteiger partial charge in [-0.05, 0) is 24.1 Å². The maximum atomic E-state index is 12.8. The minimum atomic E-state index is -0.581. The molecule has 0 N–H and O–H groups in total. The molecule has 6 nitrogen and oxygen atoms in total. The van der Waals surface area contributed by atoms with E-state index < -0.39 is 11.7 Å². The van der Waals surface area contributed by atoms with E-state index in [1.165, 1.54) is 4.90 Å². The second-order valence-electron chi connectivity index (χ2n) is 6.76. The molecule has 28 heavy (non-hydrogen) atoms. The van der Waals surface area contributed by atoms with Gasteiger partial charge in [-0.3, -0.25) is 14.4 Å². The van der Waals surface area contributed by atoms with Gasteiger partial charge >= 0.3 is 0 Å². The van der Waals surface area contributed by atoms with Gasteiger partial charge in [-0.2, -0.15) is 0 Å². The highest BCUT2D eigenvalue weighted by Crippen LogP contribution is 2.26. The summed E-state index contributed by atoms with van der Waals surface area (Å²) in [4.78, 5) is 40.5. The molecule has 1 atom stereocenters. The zero-order valence-corrected chi connectivity index (χ0v) is 16.1. The SMILES string of the molecule is CCC(=O)C(=O)N1CC(=O)N(c2cccc(OC)c2)C[C@H]1Cc1ccccc1. The van der Waals surface area contributed by atoms with Crippen LogP contribution in [0.5, 0.6) is 5.75 Å². The summed E-state index contributed by atoms with van der Waals surface area (Å²) in [6, 6.07) is 16.8. The number of anilines is 1. The van der Waals surface area contributed by atoms with Crippen molar-refractivity contribution in [1.29, 1.82) is 0 Å². The number of rotatable bonds is 6. The Morgan fingerprint density at radius 2 is 1.86 bits per heavy atom. The third-order valence-electron chi connectivity index (χ3n) is 4.94. The number of carbonyl (C=O) groups is 3. The highest BCUT2D eigenvalue weighted by atomic mass is 16.5. The summed E-state index contributed by atoms with van der Waals surface area (Å²) in [6.45, 7) is 1.86. The van der Waals surface area contributed by atoms with E-state index >= 15 is 0 Å². The molecule has 1 saturated heterocycles. The molecule has 0 aromatic heterocycles. The number of hydrogen-bond acceptors (Lipinski definition) is 4. The van der Waals surface area contributed by atoms with E-state index in [1.54, 1.807) is 25.0 Å². The average Bonchev–Trinajstić information content (AvgIpc) is 2.74. The zero-order chi connectivity index (χ0) is 20.1. The van der Waals surface area contributed by atoms with Crippen molar-refractivity contribution >= 4 is 23.3 Å². The van der Waals surface area contributed by atoms with Gasteiger partial charge in [0.05, 0.1) is 13.2 Å². The van der Waals surface area contributed by atoms with Crippen LogP contribution in [-0.2, 0) is 20.8 Å². The van der Waals surface area contributed by atoms with Crippen molar-refractivity contribution in [3.8, 4) is 5.75 Å². The van der Waals surface area contributed by atoms with Gasteiger partial charge in [0.25, 0.3) is 5.91 Å². The second kappa shape index (κ2) is 8.69. The van der Waals surface area contributed by atoms with Crippen molar-refractivity contribution in [2.75, 3.05) is 25.1 Å². The van der Waals surface area contributed by atoms with Crippen LogP contribution in [0.15, 0.2) is 54.6 Å². The van der Waals surface area contributed by atoms with Crippen LogP contribution in [0.3, 0.4) is 0 Å². The number of Topliss-reactive ketones (excluding diaryl/α,β-unsaturated/α-hetero) is 1. The van der Waals surface area contributed by atoms with Gasteiger partial charge in [0, 0.05) is 24.7 Å². The first-order valence-electron chi connectivity index (χ1n) is 9.35. The molecule has 3 rings (SSSR count). The van der Waals surface area contributed by atoms with Gasteiger partial charge in [-0.1, -0.05) is 43.3 Å². The smallest absolute Gasteiger partial charge is 0.290 e. The monoisotopic (exact) mass is 380 g/mol. The average molecular weight is 380 g/mol. The highest BCUT2D eigenvalue weighted by molar-refractivity contribution is 6.36. The van der Waals surface area contributed by atoms with Crippen LogP contribution in [0.1, 0.15) is 18.9 Å². The Kier molecular flexibility index (Phi) is 6.09. The standard InChI is InChI=1S/C22H24N2O4/c1-3-20(25)22(27)24-15-21(26)23(17-10-7-11-19(13-17)28-2)14-18(24)12-16-8-5-4-6-9-16/h4-11,13,18H,3,12,14-15H2,1-2H3/t18-/m1/s1. The summed E-state index contributed by atoms with van der Waals surface area (Å²) >= 11 is 0. The maximum Gasteiger partial charge on any atom is 0.290 e. The first kappa shape index (κ1) is 19.6. The number of methoxy groups -OCH3 is 1. The Morgan fingerprint density at radius 1 is 1.11 bits per heavy atom. The summed E-state index contributed by atoms with van der Waals surface area (Å²) in [5, 5.41) is 0. The Hall–Kier alpha value is -3.15. The fourth-order valence-corrected chi connectivity index (χ4v) is 3.41. The number of nitrogens with zero attached hydrogens (tertiary/aromatic N) is 2. The lowest BCUT2D eigenvalue weighted by molar-refractivity contribution is -0.148. The number of carbonyl (C=O) groups excluding carboxylic acids is 3. The van der Waals surface area contributed by atoms with Crippen LogP contribution in [0, 0.1) is 0 Å². The Labute approximate surface area is 164 Å².